The van der Waals surface area contributed by atoms with Gasteiger partial charge in [0.15, 0.2) is 0 Å². The molecule has 6 nitrogen and oxygen atoms in total. The number of carboxylic acid groups (broad SMARTS) is 1. The molecular weight excluding hydrogens is 296 g/mol. The number of carbonyl (C=O) groups excluding carboxylic acids is 2. The highest BCUT2D eigenvalue weighted by Gasteiger charge is 2.48. The van der Waals surface area contributed by atoms with Gasteiger partial charge in [-0.2, -0.15) is 0 Å². The predicted octanol–water partition coefficient (Wildman–Crippen LogP) is 1.19. The van der Waals surface area contributed by atoms with E-state index in [1.807, 2.05) is 30.3 Å². The number of nitrogens with one attached hydrogen (secondary N) is 1. The Kier molecular flexibility index (Phi) is 4.32. The fourth-order valence-corrected chi connectivity index (χ4v) is 3.07. The van der Waals surface area contributed by atoms with Crippen molar-refractivity contribution in [1.82, 2.24) is 10.2 Å². The summed E-state index contributed by atoms with van der Waals surface area (Å²) in [5, 5.41) is 11.9. The quantitative estimate of drug-likeness (QED) is 0.825. The predicted molar refractivity (Wildman–Crippen MR) is 82.4 cm³/mol. The Morgan fingerprint density at radius 2 is 2.00 bits per heavy atom. The Morgan fingerprint density at radius 3 is 2.57 bits per heavy atom. The van der Waals surface area contributed by atoms with Gasteiger partial charge in [-0.1, -0.05) is 30.3 Å². The first kappa shape index (κ1) is 15.5. The van der Waals surface area contributed by atoms with Crippen LogP contribution in [0.1, 0.15) is 30.9 Å². The highest BCUT2D eigenvalue weighted by molar-refractivity contribution is 5.89. The summed E-state index contributed by atoms with van der Waals surface area (Å²) >= 11 is 0. The summed E-state index contributed by atoms with van der Waals surface area (Å²) in [6.45, 7) is 1.14. The molecule has 1 aliphatic carbocycles. The zero-order valence-electron chi connectivity index (χ0n) is 12.8. The normalized spacial score (nSPS) is 24.3. The number of likely N-dealkylation sites (tertiary alicyclic amines) is 1. The molecule has 6 heteroatoms. The SMILES string of the molecule is O=C(O)[C@@H]1C[C@H]1C(=O)N[C@@H](CN1CCCC1=O)c1ccccc1. The zero-order chi connectivity index (χ0) is 16.4. The summed E-state index contributed by atoms with van der Waals surface area (Å²) in [6.07, 6.45) is 1.79. The molecule has 0 unspecified atom stereocenters. The Morgan fingerprint density at radius 1 is 1.26 bits per heavy atom. The van der Waals surface area contributed by atoms with Gasteiger partial charge in [-0.15, -0.1) is 0 Å². The van der Waals surface area contributed by atoms with E-state index in [9.17, 15) is 14.4 Å². The summed E-state index contributed by atoms with van der Waals surface area (Å²) in [7, 11) is 0. The number of carboxylic acids is 1. The van der Waals surface area contributed by atoms with Crippen molar-refractivity contribution >= 4 is 17.8 Å². The van der Waals surface area contributed by atoms with E-state index in [4.69, 9.17) is 5.11 Å². The van der Waals surface area contributed by atoms with E-state index in [-0.39, 0.29) is 17.9 Å². The monoisotopic (exact) mass is 316 g/mol. The molecule has 0 bridgehead atoms. The van der Waals surface area contributed by atoms with Gasteiger partial charge in [-0.05, 0) is 18.4 Å². The van der Waals surface area contributed by atoms with Gasteiger partial charge in [0, 0.05) is 19.5 Å². The molecule has 0 spiro atoms. The lowest BCUT2D eigenvalue weighted by atomic mass is 10.1. The fraction of sp³-hybridized carbons (Fsp3) is 0.471. The van der Waals surface area contributed by atoms with Gasteiger partial charge in [0.25, 0.3) is 0 Å². The van der Waals surface area contributed by atoms with Crippen LogP contribution in [0, 0.1) is 11.8 Å². The van der Waals surface area contributed by atoms with Crippen LogP contribution >= 0.6 is 0 Å². The average Bonchev–Trinajstić information content (AvgIpc) is 3.26. The first-order chi connectivity index (χ1) is 11.1. The van der Waals surface area contributed by atoms with Crippen LogP contribution in [0.5, 0.6) is 0 Å². The van der Waals surface area contributed by atoms with Gasteiger partial charge in [0.1, 0.15) is 0 Å². The highest BCUT2D eigenvalue weighted by atomic mass is 16.4. The Hall–Kier alpha value is -2.37. The van der Waals surface area contributed by atoms with Crippen molar-refractivity contribution in [1.29, 1.82) is 0 Å². The maximum atomic E-state index is 12.3. The third-order valence-electron chi connectivity index (χ3n) is 4.54. The lowest BCUT2D eigenvalue weighted by Gasteiger charge is -2.25. The van der Waals surface area contributed by atoms with Crippen molar-refractivity contribution < 1.29 is 19.5 Å². The standard InChI is InChI=1S/C17H20N2O4/c20-15-7-4-8-19(15)10-14(11-5-2-1-3-6-11)18-16(21)12-9-13(12)17(22)23/h1-3,5-6,12-14H,4,7-10H2,(H,18,21)(H,22,23)/t12-,13-,14+/m1/s1. The molecular formula is C17H20N2O4. The second-order valence-corrected chi connectivity index (χ2v) is 6.20. The van der Waals surface area contributed by atoms with Gasteiger partial charge in [-0.3, -0.25) is 14.4 Å². The number of rotatable bonds is 6. The number of nitrogens with zero attached hydrogens (tertiary/aromatic N) is 1. The van der Waals surface area contributed by atoms with E-state index in [0.29, 0.717) is 25.9 Å². The number of aliphatic carboxylic acids is 1. The van der Waals surface area contributed by atoms with Gasteiger partial charge in [0.05, 0.1) is 17.9 Å². The van der Waals surface area contributed by atoms with Gasteiger partial charge < -0.3 is 15.3 Å². The molecule has 2 fully saturated rings. The van der Waals surface area contributed by atoms with Gasteiger partial charge in [-0.25, -0.2) is 0 Å². The summed E-state index contributed by atoms with van der Waals surface area (Å²) in [4.78, 5) is 36.8. The largest absolute Gasteiger partial charge is 0.481 e. The third-order valence-corrected chi connectivity index (χ3v) is 4.54. The molecule has 1 aromatic rings. The molecule has 23 heavy (non-hydrogen) atoms. The van der Waals surface area contributed by atoms with Crippen LogP contribution in [0.25, 0.3) is 0 Å². The van der Waals surface area contributed by atoms with E-state index < -0.39 is 17.8 Å². The smallest absolute Gasteiger partial charge is 0.307 e. The van der Waals surface area contributed by atoms with Gasteiger partial charge in [0.2, 0.25) is 11.8 Å². The van der Waals surface area contributed by atoms with Crippen LogP contribution in [0.15, 0.2) is 30.3 Å². The lowest BCUT2D eigenvalue weighted by molar-refractivity contribution is -0.140. The number of carbonyl (C=O) groups is 3. The van der Waals surface area contributed by atoms with Crippen LogP contribution in [-0.2, 0) is 14.4 Å². The second kappa shape index (κ2) is 6.40. The van der Waals surface area contributed by atoms with Crippen molar-refractivity contribution in [3.63, 3.8) is 0 Å². The van der Waals surface area contributed by atoms with Crippen molar-refractivity contribution in [3.8, 4) is 0 Å². The van der Waals surface area contributed by atoms with Crippen molar-refractivity contribution in [2.24, 2.45) is 11.8 Å². The maximum absolute atomic E-state index is 12.3. The molecule has 1 saturated carbocycles. The molecule has 3 atom stereocenters. The Balaban J connectivity index is 1.69. The van der Waals surface area contributed by atoms with Crippen LogP contribution in [0.3, 0.4) is 0 Å². The second-order valence-electron chi connectivity index (χ2n) is 6.20. The molecule has 1 saturated heterocycles. The number of hydrogen-bond acceptors (Lipinski definition) is 3. The first-order valence-electron chi connectivity index (χ1n) is 7.92. The molecule has 0 aromatic heterocycles. The summed E-state index contributed by atoms with van der Waals surface area (Å²) in [6, 6.07) is 9.18. The number of amides is 2. The molecule has 1 heterocycles. The molecule has 3 rings (SSSR count). The fourth-order valence-electron chi connectivity index (χ4n) is 3.07. The summed E-state index contributed by atoms with van der Waals surface area (Å²) in [5.74, 6) is -2.07. The molecule has 2 amide bonds. The molecule has 0 radical (unpaired) electrons. The third kappa shape index (κ3) is 3.52. The Labute approximate surface area is 134 Å². The molecule has 2 N–H and O–H groups in total. The summed E-state index contributed by atoms with van der Waals surface area (Å²) in [5.41, 5.74) is 0.924. The molecule has 2 aliphatic rings. The van der Waals surface area contributed by atoms with Crippen molar-refractivity contribution in [3.05, 3.63) is 35.9 Å². The zero-order valence-corrected chi connectivity index (χ0v) is 12.8. The minimum Gasteiger partial charge on any atom is -0.481 e. The minimum absolute atomic E-state index is 0.106. The van der Waals surface area contributed by atoms with Crippen LogP contribution in [0.2, 0.25) is 0 Å². The van der Waals surface area contributed by atoms with Crippen LogP contribution in [0.4, 0.5) is 0 Å². The van der Waals surface area contributed by atoms with E-state index >= 15 is 0 Å². The maximum Gasteiger partial charge on any atom is 0.307 e. The molecule has 1 aliphatic heterocycles. The lowest BCUT2D eigenvalue weighted by Crippen LogP contribution is -2.39. The minimum atomic E-state index is -0.920. The molecule has 122 valence electrons. The molecule has 1 aromatic carbocycles. The van der Waals surface area contributed by atoms with Crippen molar-refractivity contribution in [2.75, 3.05) is 13.1 Å². The highest BCUT2D eigenvalue weighted by Crippen LogP contribution is 2.39. The Bertz CT molecular complexity index is 616. The topological polar surface area (TPSA) is 86.7 Å². The van der Waals surface area contributed by atoms with E-state index in [1.54, 1.807) is 4.90 Å². The van der Waals surface area contributed by atoms with Crippen LogP contribution in [-0.4, -0.2) is 40.9 Å². The average molecular weight is 316 g/mol. The van der Waals surface area contributed by atoms with E-state index in [1.165, 1.54) is 0 Å². The number of benzene rings is 1. The van der Waals surface area contributed by atoms with Gasteiger partial charge >= 0.3 is 5.97 Å². The van der Waals surface area contributed by atoms with E-state index in [2.05, 4.69) is 5.32 Å². The summed E-state index contributed by atoms with van der Waals surface area (Å²) < 4.78 is 0. The first-order valence-corrected chi connectivity index (χ1v) is 7.92. The van der Waals surface area contributed by atoms with Crippen molar-refractivity contribution in [2.45, 2.75) is 25.3 Å². The van der Waals surface area contributed by atoms with E-state index in [0.717, 1.165) is 12.0 Å². The number of hydrogen-bond donors (Lipinski definition) is 2. The van der Waals surface area contributed by atoms with Crippen LogP contribution < -0.4 is 5.32 Å².